The first-order valence-corrected chi connectivity index (χ1v) is 11.7. The Morgan fingerprint density at radius 3 is 1.69 bits per heavy atom. The van der Waals surface area contributed by atoms with Gasteiger partial charge in [0.2, 0.25) is 0 Å². The van der Waals surface area contributed by atoms with Gasteiger partial charge >= 0.3 is 5.97 Å². The van der Waals surface area contributed by atoms with E-state index in [1.165, 1.54) is 0 Å². The van der Waals surface area contributed by atoms with Gasteiger partial charge in [0, 0.05) is 11.1 Å². The Morgan fingerprint density at radius 1 is 0.714 bits per heavy atom. The molecule has 4 aromatic carbocycles. The molecular formula is C31H29NO3. The van der Waals surface area contributed by atoms with Crippen molar-refractivity contribution in [2.24, 2.45) is 4.99 Å². The number of aliphatic imine (C=N–C) groups is 1. The zero-order valence-corrected chi connectivity index (χ0v) is 20.1. The molecule has 0 aliphatic heterocycles. The van der Waals surface area contributed by atoms with Crippen molar-refractivity contribution in [2.75, 3.05) is 13.7 Å². The van der Waals surface area contributed by atoms with Crippen molar-refractivity contribution < 1.29 is 14.3 Å². The van der Waals surface area contributed by atoms with Crippen molar-refractivity contribution in [1.29, 1.82) is 0 Å². The van der Waals surface area contributed by atoms with Gasteiger partial charge in [0.15, 0.2) is 0 Å². The minimum Gasteiger partial charge on any atom is -0.497 e. The molecule has 35 heavy (non-hydrogen) atoms. The van der Waals surface area contributed by atoms with Crippen molar-refractivity contribution in [3.63, 3.8) is 0 Å². The van der Waals surface area contributed by atoms with E-state index in [9.17, 15) is 4.79 Å². The van der Waals surface area contributed by atoms with E-state index in [2.05, 4.69) is 0 Å². The SMILES string of the molecule is CCOC(=O)CC(N=C(c1ccccc1)c1ccccc1)(c1ccccc1)c1ccc(OC)cc1. The highest BCUT2D eigenvalue weighted by Crippen LogP contribution is 2.39. The topological polar surface area (TPSA) is 47.9 Å². The fraction of sp³-hybridized carbons (Fsp3) is 0.161. The summed E-state index contributed by atoms with van der Waals surface area (Å²) in [6.07, 6.45) is 0.0559. The lowest BCUT2D eigenvalue weighted by Gasteiger charge is -2.32. The second kappa shape index (κ2) is 11.3. The van der Waals surface area contributed by atoms with Crippen LogP contribution >= 0.6 is 0 Å². The molecule has 0 bridgehead atoms. The highest BCUT2D eigenvalue weighted by atomic mass is 16.5. The minimum absolute atomic E-state index is 0.0559. The average molecular weight is 464 g/mol. The van der Waals surface area contributed by atoms with Gasteiger partial charge in [-0.05, 0) is 30.2 Å². The maximum atomic E-state index is 13.1. The first-order chi connectivity index (χ1) is 17.2. The normalized spacial score (nSPS) is 12.3. The summed E-state index contributed by atoms with van der Waals surface area (Å²) in [5, 5.41) is 0. The molecule has 0 aromatic heterocycles. The van der Waals surface area contributed by atoms with Crippen LogP contribution in [-0.2, 0) is 15.1 Å². The Morgan fingerprint density at radius 2 is 1.20 bits per heavy atom. The second-order valence-electron chi connectivity index (χ2n) is 8.13. The van der Waals surface area contributed by atoms with Crippen LogP contribution in [0.4, 0.5) is 0 Å². The third kappa shape index (κ3) is 5.49. The van der Waals surface area contributed by atoms with Crippen LogP contribution in [0.1, 0.15) is 35.6 Å². The fourth-order valence-corrected chi connectivity index (χ4v) is 4.22. The minimum atomic E-state index is -1.01. The van der Waals surface area contributed by atoms with Gasteiger partial charge in [0.25, 0.3) is 0 Å². The zero-order chi connectivity index (χ0) is 24.5. The Balaban J connectivity index is 2.04. The highest BCUT2D eigenvalue weighted by Gasteiger charge is 2.38. The van der Waals surface area contributed by atoms with Crippen LogP contribution < -0.4 is 4.74 Å². The number of hydrogen-bond acceptors (Lipinski definition) is 4. The molecule has 0 saturated carbocycles. The maximum absolute atomic E-state index is 13.1. The molecule has 0 saturated heterocycles. The number of ether oxygens (including phenoxy) is 2. The van der Waals surface area contributed by atoms with Gasteiger partial charge in [0.05, 0.1) is 25.8 Å². The van der Waals surface area contributed by atoms with Crippen molar-refractivity contribution >= 4 is 11.7 Å². The molecule has 0 heterocycles. The highest BCUT2D eigenvalue weighted by molar-refractivity contribution is 6.13. The third-order valence-electron chi connectivity index (χ3n) is 5.92. The molecule has 4 rings (SSSR count). The Bertz CT molecular complexity index is 1210. The number of benzene rings is 4. The van der Waals surface area contributed by atoms with Crippen molar-refractivity contribution in [1.82, 2.24) is 0 Å². The molecular weight excluding hydrogens is 434 g/mol. The van der Waals surface area contributed by atoms with Crippen LogP contribution in [0.15, 0.2) is 120 Å². The van der Waals surface area contributed by atoms with E-state index >= 15 is 0 Å². The molecule has 4 heteroatoms. The Kier molecular flexibility index (Phi) is 7.74. The number of carbonyl (C=O) groups is 1. The first-order valence-electron chi connectivity index (χ1n) is 11.7. The lowest BCUT2D eigenvalue weighted by atomic mass is 9.80. The van der Waals surface area contributed by atoms with Crippen LogP contribution in [0.2, 0.25) is 0 Å². The van der Waals surface area contributed by atoms with Crippen LogP contribution in [0.5, 0.6) is 5.75 Å². The lowest BCUT2D eigenvalue weighted by molar-refractivity contribution is -0.144. The molecule has 0 aliphatic carbocycles. The zero-order valence-electron chi connectivity index (χ0n) is 20.1. The Labute approximate surface area is 206 Å². The van der Waals surface area contributed by atoms with Crippen molar-refractivity contribution in [3.8, 4) is 5.75 Å². The van der Waals surface area contributed by atoms with E-state index in [0.717, 1.165) is 33.7 Å². The van der Waals surface area contributed by atoms with Crippen LogP contribution in [0, 0.1) is 0 Å². The van der Waals surface area contributed by atoms with E-state index in [-0.39, 0.29) is 12.4 Å². The molecule has 0 radical (unpaired) electrons. The van der Waals surface area contributed by atoms with Gasteiger partial charge in [-0.3, -0.25) is 9.79 Å². The lowest BCUT2D eigenvalue weighted by Crippen LogP contribution is -2.31. The molecule has 1 atom stereocenters. The quantitative estimate of drug-likeness (QED) is 0.212. The maximum Gasteiger partial charge on any atom is 0.308 e. The van der Waals surface area contributed by atoms with Crippen LogP contribution in [0.3, 0.4) is 0 Å². The van der Waals surface area contributed by atoms with Gasteiger partial charge in [-0.1, -0.05) is 103 Å². The predicted octanol–water partition coefficient (Wildman–Crippen LogP) is 6.43. The summed E-state index contributed by atoms with van der Waals surface area (Å²) in [5.41, 5.74) is 3.51. The van der Waals surface area contributed by atoms with Crippen molar-refractivity contribution in [3.05, 3.63) is 138 Å². The number of nitrogens with zero attached hydrogens (tertiary/aromatic N) is 1. The largest absolute Gasteiger partial charge is 0.497 e. The number of methoxy groups -OCH3 is 1. The third-order valence-corrected chi connectivity index (χ3v) is 5.92. The summed E-state index contributed by atoms with van der Waals surface area (Å²) in [6, 6.07) is 37.8. The Hall–Kier alpha value is -4.18. The first kappa shape index (κ1) is 24.0. The molecule has 0 aliphatic rings. The van der Waals surface area contributed by atoms with E-state index in [1.54, 1.807) is 7.11 Å². The van der Waals surface area contributed by atoms with Gasteiger partial charge < -0.3 is 9.47 Å². The molecule has 4 aromatic rings. The smallest absolute Gasteiger partial charge is 0.308 e. The van der Waals surface area contributed by atoms with Gasteiger partial charge in [0.1, 0.15) is 11.3 Å². The van der Waals surface area contributed by atoms with Crippen LogP contribution in [0.25, 0.3) is 0 Å². The molecule has 0 spiro atoms. The van der Waals surface area contributed by atoms with E-state index < -0.39 is 5.54 Å². The number of hydrogen-bond donors (Lipinski definition) is 0. The molecule has 0 amide bonds. The van der Waals surface area contributed by atoms with Crippen LogP contribution in [-0.4, -0.2) is 25.4 Å². The van der Waals surface area contributed by atoms with Gasteiger partial charge in [-0.15, -0.1) is 0 Å². The van der Waals surface area contributed by atoms with E-state index in [0.29, 0.717) is 6.61 Å². The molecule has 4 nitrogen and oxygen atoms in total. The summed E-state index contributed by atoms with van der Waals surface area (Å²) >= 11 is 0. The van der Waals surface area contributed by atoms with E-state index in [4.69, 9.17) is 14.5 Å². The van der Waals surface area contributed by atoms with Gasteiger partial charge in [-0.2, -0.15) is 0 Å². The monoisotopic (exact) mass is 463 g/mol. The fourth-order valence-electron chi connectivity index (χ4n) is 4.22. The standard InChI is InChI=1S/C31H29NO3/c1-3-35-29(33)23-31(26-17-11-6-12-18-26,27-19-21-28(34-2)22-20-27)32-30(24-13-7-4-8-14-24)25-15-9-5-10-16-25/h4-22H,3,23H2,1-2H3. The molecule has 0 fully saturated rings. The average Bonchev–Trinajstić information content (AvgIpc) is 2.93. The second-order valence-corrected chi connectivity index (χ2v) is 8.13. The summed E-state index contributed by atoms with van der Waals surface area (Å²) in [4.78, 5) is 18.5. The summed E-state index contributed by atoms with van der Waals surface area (Å²) in [6.45, 7) is 2.12. The summed E-state index contributed by atoms with van der Waals surface area (Å²) in [5.74, 6) is 0.429. The summed E-state index contributed by atoms with van der Waals surface area (Å²) < 4.78 is 10.8. The predicted molar refractivity (Wildman–Crippen MR) is 140 cm³/mol. The number of carbonyl (C=O) groups excluding carboxylic acids is 1. The number of rotatable bonds is 9. The van der Waals surface area contributed by atoms with Gasteiger partial charge in [-0.25, -0.2) is 0 Å². The number of esters is 1. The summed E-state index contributed by atoms with van der Waals surface area (Å²) in [7, 11) is 1.64. The molecule has 176 valence electrons. The van der Waals surface area contributed by atoms with E-state index in [1.807, 2.05) is 122 Å². The molecule has 0 N–H and O–H groups in total. The van der Waals surface area contributed by atoms with Crippen molar-refractivity contribution in [2.45, 2.75) is 18.9 Å². The molecule has 1 unspecified atom stereocenters.